The fourth-order valence-electron chi connectivity index (χ4n) is 2.03. The average molecular weight is 262 g/mol. The lowest BCUT2D eigenvalue weighted by atomic mass is 10.0. The number of aromatic carboxylic acids is 1. The molecule has 6 nitrogen and oxygen atoms in total. The van der Waals surface area contributed by atoms with Crippen molar-refractivity contribution in [3.05, 3.63) is 29.3 Å². The van der Waals surface area contributed by atoms with Crippen LogP contribution in [-0.4, -0.2) is 29.4 Å². The first-order valence-corrected chi connectivity index (χ1v) is 5.89. The monoisotopic (exact) mass is 262 g/mol. The molecule has 1 heterocycles. The molecule has 0 bridgehead atoms. The topological polar surface area (TPSA) is 95.5 Å². The number of para-hydroxylation sites is 1. The first-order valence-electron chi connectivity index (χ1n) is 5.89. The van der Waals surface area contributed by atoms with E-state index in [9.17, 15) is 14.4 Å². The predicted octanol–water partition coefficient (Wildman–Crippen LogP) is 0.768. The van der Waals surface area contributed by atoms with Crippen LogP contribution in [0.3, 0.4) is 0 Å². The van der Waals surface area contributed by atoms with E-state index in [4.69, 9.17) is 5.11 Å². The maximum Gasteiger partial charge on any atom is 0.337 e. The van der Waals surface area contributed by atoms with Crippen LogP contribution >= 0.6 is 0 Å². The van der Waals surface area contributed by atoms with Gasteiger partial charge in [0, 0.05) is 13.0 Å². The Labute approximate surface area is 109 Å². The fraction of sp³-hybridized carbons (Fsp3) is 0.308. The van der Waals surface area contributed by atoms with Crippen LogP contribution in [0.2, 0.25) is 0 Å². The van der Waals surface area contributed by atoms with Gasteiger partial charge in [-0.05, 0) is 18.6 Å². The van der Waals surface area contributed by atoms with E-state index in [-0.39, 0.29) is 23.8 Å². The Morgan fingerprint density at radius 3 is 2.74 bits per heavy atom. The number of hydrogen-bond donors (Lipinski definition) is 3. The molecule has 19 heavy (non-hydrogen) atoms. The van der Waals surface area contributed by atoms with Crippen LogP contribution in [0.4, 0.5) is 5.69 Å². The van der Waals surface area contributed by atoms with E-state index in [1.165, 1.54) is 6.07 Å². The minimum Gasteiger partial charge on any atom is -0.478 e. The minimum atomic E-state index is -1.10. The quantitative estimate of drug-likeness (QED) is 0.749. The maximum absolute atomic E-state index is 12.0. The van der Waals surface area contributed by atoms with Gasteiger partial charge in [-0.3, -0.25) is 9.59 Å². The van der Waals surface area contributed by atoms with Gasteiger partial charge in [0.15, 0.2) is 0 Å². The van der Waals surface area contributed by atoms with E-state index < -0.39 is 11.9 Å². The number of hydrogen-bond acceptors (Lipinski definition) is 3. The van der Waals surface area contributed by atoms with Crippen molar-refractivity contribution in [1.82, 2.24) is 5.32 Å². The van der Waals surface area contributed by atoms with Gasteiger partial charge in [0.05, 0.1) is 17.2 Å². The Bertz CT molecular complexity index is 554. The van der Waals surface area contributed by atoms with Gasteiger partial charge >= 0.3 is 5.97 Å². The third-order valence-electron chi connectivity index (χ3n) is 3.10. The molecule has 2 amide bonds. The Morgan fingerprint density at radius 2 is 2.16 bits per heavy atom. The largest absolute Gasteiger partial charge is 0.478 e. The van der Waals surface area contributed by atoms with Gasteiger partial charge in [-0.1, -0.05) is 12.1 Å². The summed E-state index contributed by atoms with van der Waals surface area (Å²) in [4.78, 5) is 34.2. The van der Waals surface area contributed by atoms with Crippen molar-refractivity contribution in [3.63, 3.8) is 0 Å². The molecule has 0 saturated carbocycles. The van der Waals surface area contributed by atoms with Crippen molar-refractivity contribution in [2.75, 3.05) is 11.9 Å². The summed E-state index contributed by atoms with van der Waals surface area (Å²) in [6, 6.07) is 4.78. The molecule has 1 saturated heterocycles. The van der Waals surface area contributed by atoms with Crippen molar-refractivity contribution in [1.29, 1.82) is 0 Å². The molecular formula is C13H14N2O4. The third kappa shape index (κ3) is 2.73. The van der Waals surface area contributed by atoms with Crippen LogP contribution < -0.4 is 10.6 Å². The summed E-state index contributed by atoms with van der Waals surface area (Å²) < 4.78 is 0. The van der Waals surface area contributed by atoms with E-state index in [2.05, 4.69) is 10.6 Å². The lowest BCUT2D eigenvalue weighted by Gasteiger charge is -2.13. The summed E-state index contributed by atoms with van der Waals surface area (Å²) in [5, 5.41) is 14.3. The van der Waals surface area contributed by atoms with Crippen molar-refractivity contribution < 1.29 is 19.5 Å². The zero-order valence-corrected chi connectivity index (χ0v) is 10.4. The number of aryl methyl sites for hydroxylation is 1. The number of carbonyl (C=O) groups excluding carboxylic acids is 2. The molecule has 1 fully saturated rings. The summed E-state index contributed by atoms with van der Waals surface area (Å²) in [5.74, 6) is -2.05. The number of carboxylic acid groups (broad SMARTS) is 1. The van der Waals surface area contributed by atoms with E-state index in [0.717, 1.165) is 0 Å². The van der Waals surface area contributed by atoms with Crippen molar-refractivity contribution in [2.24, 2.45) is 5.92 Å². The Balaban J connectivity index is 2.21. The number of carbonyl (C=O) groups is 3. The zero-order valence-electron chi connectivity index (χ0n) is 10.4. The van der Waals surface area contributed by atoms with E-state index >= 15 is 0 Å². The number of nitrogens with one attached hydrogen (secondary N) is 2. The maximum atomic E-state index is 12.0. The van der Waals surface area contributed by atoms with Gasteiger partial charge in [0.1, 0.15) is 0 Å². The fourth-order valence-corrected chi connectivity index (χ4v) is 2.03. The van der Waals surface area contributed by atoms with Crippen molar-refractivity contribution in [3.8, 4) is 0 Å². The molecule has 1 aromatic rings. The molecule has 100 valence electrons. The van der Waals surface area contributed by atoms with Crippen molar-refractivity contribution >= 4 is 23.5 Å². The average Bonchev–Trinajstić information content (AvgIpc) is 2.78. The summed E-state index contributed by atoms with van der Waals surface area (Å²) in [6.45, 7) is 2.01. The molecule has 1 aromatic carbocycles. The molecule has 0 aromatic heterocycles. The van der Waals surface area contributed by atoms with Crippen LogP contribution in [0.1, 0.15) is 22.3 Å². The van der Waals surface area contributed by atoms with Crippen LogP contribution in [0.25, 0.3) is 0 Å². The van der Waals surface area contributed by atoms with Gasteiger partial charge in [0.2, 0.25) is 11.8 Å². The van der Waals surface area contributed by atoms with Crippen LogP contribution in [0.5, 0.6) is 0 Å². The Morgan fingerprint density at radius 1 is 1.42 bits per heavy atom. The second-order valence-corrected chi connectivity index (χ2v) is 4.50. The highest BCUT2D eigenvalue weighted by atomic mass is 16.4. The lowest BCUT2D eigenvalue weighted by molar-refractivity contribution is -0.123. The molecule has 0 spiro atoms. The molecule has 1 aliphatic heterocycles. The van der Waals surface area contributed by atoms with E-state index in [1.54, 1.807) is 19.1 Å². The number of anilines is 1. The molecular weight excluding hydrogens is 248 g/mol. The summed E-state index contributed by atoms with van der Waals surface area (Å²) in [5.41, 5.74) is 1.01. The van der Waals surface area contributed by atoms with Gasteiger partial charge in [-0.2, -0.15) is 0 Å². The summed E-state index contributed by atoms with van der Waals surface area (Å²) >= 11 is 0. The Hall–Kier alpha value is -2.37. The number of carboxylic acids is 1. The van der Waals surface area contributed by atoms with Gasteiger partial charge in [0.25, 0.3) is 0 Å². The second-order valence-electron chi connectivity index (χ2n) is 4.50. The van der Waals surface area contributed by atoms with E-state index in [1.807, 2.05) is 0 Å². The third-order valence-corrected chi connectivity index (χ3v) is 3.10. The van der Waals surface area contributed by atoms with Gasteiger partial charge in [-0.25, -0.2) is 4.79 Å². The second kappa shape index (κ2) is 5.09. The molecule has 1 atom stereocenters. The smallest absolute Gasteiger partial charge is 0.337 e. The highest BCUT2D eigenvalue weighted by molar-refractivity contribution is 6.03. The molecule has 3 N–H and O–H groups in total. The highest BCUT2D eigenvalue weighted by Gasteiger charge is 2.28. The summed E-state index contributed by atoms with van der Waals surface area (Å²) in [7, 11) is 0. The molecule has 0 radical (unpaired) electrons. The van der Waals surface area contributed by atoms with Gasteiger partial charge in [-0.15, -0.1) is 0 Å². The minimum absolute atomic E-state index is 0.0469. The lowest BCUT2D eigenvalue weighted by Crippen LogP contribution is -2.26. The molecule has 2 rings (SSSR count). The van der Waals surface area contributed by atoms with Crippen LogP contribution in [0.15, 0.2) is 18.2 Å². The highest BCUT2D eigenvalue weighted by Crippen LogP contribution is 2.22. The zero-order chi connectivity index (χ0) is 14.0. The van der Waals surface area contributed by atoms with E-state index in [0.29, 0.717) is 17.8 Å². The Kier molecular flexibility index (Phi) is 3.50. The number of amides is 2. The molecule has 0 aliphatic carbocycles. The van der Waals surface area contributed by atoms with Crippen LogP contribution in [-0.2, 0) is 9.59 Å². The van der Waals surface area contributed by atoms with Crippen molar-refractivity contribution in [2.45, 2.75) is 13.3 Å². The SMILES string of the molecule is Cc1cccc(C(=O)O)c1NC(=O)C1CNC(=O)C1. The van der Waals surface area contributed by atoms with Crippen LogP contribution in [0, 0.1) is 12.8 Å². The first kappa shape index (κ1) is 13.1. The number of benzene rings is 1. The first-order chi connectivity index (χ1) is 8.99. The normalized spacial score (nSPS) is 17.9. The summed E-state index contributed by atoms with van der Waals surface area (Å²) in [6.07, 6.45) is 0.139. The van der Waals surface area contributed by atoms with Gasteiger partial charge < -0.3 is 15.7 Å². The molecule has 6 heteroatoms. The molecule has 1 aliphatic rings. The predicted molar refractivity (Wildman–Crippen MR) is 67.9 cm³/mol. The standard InChI is InChI=1S/C13H14N2O4/c1-7-3-2-4-9(13(18)19)11(7)15-12(17)8-5-10(16)14-6-8/h2-4,8H,5-6H2,1H3,(H,14,16)(H,15,17)(H,18,19). The number of rotatable bonds is 3. The molecule has 1 unspecified atom stereocenters.